The Kier molecular flexibility index (Phi) is 6.12. The van der Waals surface area contributed by atoms with Crippen molar-refractivity contribution in [1.29, 1.82) is 0 Å². The summed E-state index contributed by atoms with van der Waals surface area (Å²) in [5, 5.41) is 1.79. The van der Waals surface area contributed by atoms with Crippen LogP contribution >= 0.6 is 0 Å². The summed E-state index contributed by atoms with van der Waals surface area (Å²) in [6, 6.07) is 17.0. The average Bonchev–Trinajstić information content (AvgIpc) is 2.71. The highest BCUT2D eigenvalue weighted by Gasteiger charge is 2.24. The monoisotopic (exact) mass is 395 g/mol. The van der Waals surface area contributed by atoms with Gasteiger partial charge < -0.3 is 14.4 Å². The quantitative estimate of drug-likeness (QED) is 0.587. The summed E-state index contributed by atoms with van der Waals surface area (Å²) in [5.41, 5.74) is 0.897. The van der Waals surface area contributed by atoms with Gasteiger partial charge in [0.05, 0.1) is 7.11 Å². The van der Waals surface area contributed by atoms with Crippen LogP contribution in [0, 0.1) is 5.82 Å². The van der Waals surface area contributed by atoms with Gasteiger partial charge in [-0.25, -0.2) is 9.18 Å². The molecule has 1 atom stereocenters. The van der Waals surface area contributed by atoms with Gasteiger partial charge in [-0.15, -0.1) is 0 Å². The number of esters is 1. The Morgan fingerprint density at radius 2 is 1.72 bits per heavy atom. The Hall–Kier alpha value is -3.41. The van der Waals surface area contributed by atoms with E-state index in [1.165, 1.54) is 31.1 Å². The van der Waals surface area contributed by atoms with E-state index >= 15 is 0 Å². The average molecular weight is 395 g/mol. The lowest BCUT2D eigenvalue weighted by molar-refractivity contribution is -0.139. The van der Waals surface area contributed by atoms with Gasteiger partial charge in [0.1, 0.15) is 17.1 Å². The number of fused-ring (bicyclic) bond motifs is 1. The van der Waals surface area contributed by atoms with Crippen molar-refractivity contribution in [1.82, 2.24) is 4.90 Å². The van der Waals surface area contributed by atoms with E-state index < -0.39 is 12.1 Å². The van der Waals surface area contributed by atoms with Crippen LogP contribution < -0.4 is 4.74 Å². The van der Waals surface area contributed by atoms with E-state index in [2.05, 4.69) is 0 Å². The summed E-state index contributed by atoms with van der Waals surface area (Å²) in [4.78, 5) is 26.7. The third-order valence-electron chi connectivity index (χ3n) is 4.60. The van der Waals surface area contributed by atoms with Crippen LogP contribution in [0.4, 0.5) is 4.39 Å². The smallest absolute Gasteiger partial charge is 0.342 e. The second-order valence-electron chi connectivity index (χ2n) is 6.77. The normalized spacial score (nSPS) is 11.7. The van der Waals surface area contributed by atoms with Gasteiger partial charge in [0.15, 0.2) is 6.10 Å². The van der Waals surface area contributed by atoms with Crippen molar-refractivity contribution < 1.29 is 23.5 Å². The summed E-state index contributed by atoms with van der Waals surface area (Å²) in [5.74, 6) is -1.03. The molecule has 29 heavy (non-hydrogen) atoms. The van der Waals surface area contributed by atoms with Crippen LogP contribution in [0.5, 0.6) is 5.75 Å². The molecule has 6 heteroatoms. The molecule has 0 unspecified atom stereocenters. The highest BCUT2D eigenvalue weighted by Crippen LogP contribution is 2.27. The molecule has 0 bridgehead atoms. The van der Waals surface area contributed by atoms with Crippen LogP contribution in [-0.2, 0) is 16.1 Å². The molecule has 0 aliphatic rings. The Balaban J connectivity index is 1.72. The molecule has 0 aromatic heterocycles. The van der Waals surface area contributed by atoms with Crippen molar-refractivity contribution in [2.75, 3.05) is 14.2 Å². The topological polar surface area (TPSA) is 55.8 Å². The van der Waals surface area contributed by atoms with Crippen molar-refractivity contribution in [3.63, 3.8) is 0 Å². The standard InChI is InChI=1S/C23H22FNO4/c1-15(22(26)25(2)14-16-7-6-10-19(24)11-16)29-23(27)20-12-17-8-4-5-9-18(17)13-21(20)28-3/h4-13,15H,14H2,1-3H3/t15-/m0/s1. The Morgan fingerprint density at radius 3 is 2.38 bits per heavy atom. The lowest BCUT2D eigenvalue weighted by Crippen LogP contribution is -2.37. The lowest BCUT2D eigenvalue weighted by atomic mass is 10.1. The maximum atomic E-state index is 13.3. The van der Waals surface area contributed by atoms with Crippen LogP contribution in [0.25, 0.3) is 10.8 Å². The number of nitrogens with zero attached hydrogens (tertiary/aromatic N) is 1. The van der Waals surface area contributed by atoms with Gasteiger partial charge in [-0.3, -0.25) is 4.79 Å². The first kappa shape index (κ1) is 20.3. The highest BCUT2D eigenvalue weighted by molar-refractivity contribution is 5.99. The number of halogens is 1. The van der Waals surface area contributed by atoms with E-state index in [1.807, 2.05) is 24.3 Å². The maximum absolute atomic E-state index is 13.3. The molecule has 3 aromatic rings. The number of rotatable bonds is 6. The molecule has 0 saturated carbocycles. The molecule has 0 aliphatic heterocycles. The Bertz CT molecular complexity index is 1050. The van der Waals surface area contributed by atoms with E-state index in [0.717, 1.165) is 10.8 Å². The number of amides is 1. The zero-order valence-electron chi connectivity index (χ0n) is 16.5. The van der Waals surface area contributed by atoms with Gasteiger partial charge in [0.25, 0.3) is 5.91 Å². The lowest BCUT2D eigenvalue weighted by Gasteiger charge is -2.22. The number of methoxy groups -OCH3 is 1. The summed E-state index contributed by atoms with van der Waals surface area (Å²) < 4.78 is 24.0. The van der Waals surface area contributed by atoms with Gasteiger partial charge in [-0.1, -0.05) is 36.4 Å². The minimum Gasteiger partial charge on any atom is -0.496 e. The maximum Gasteiger partial charge on any atom is 0.342 e. The number of carbonyl (C=O) groups is 2. The van der Waals surface area contributed by atoms with E-state index in [0.29, 0.717) is 11.3 Å². The zero-order chi connectivity index (χ0) is 21.0. The Morgan fingerprint density at radius 1 is 1.03 bits per heavy atom. The number of benzene rings is 3. The van der Waals surface area contributed by atoms with E-state index in [1.54, 1.807) is 31.3 Å². The van der Waals surface area contributed by atoms with Crippen molar-refractivity contribution >= 4 is 22.6 Å². The fourth-order valence-electron chi connectivity index (χ4n) is 3.12. The predicted octanol–water partition coefficient (Wildman–Crippen LogP) is 4.19. The van der Waals surface area contributed by atoms with Crippen LogP contribution in [-0.4, -0.2) is 37.0 Å². The molecule has 0 radical (unpaired) electrons. The van der Waals surface area contributed by atoms with Crippen LogP contribution in [0.2, 0.25) is 0 Å². The molecule has 0 N–H and O–H groups in total. The molecular formula is C23H22FNO4. The molecule has 5 nitrogen and oxygen atoms in total. The molecule has 3 aromatic carbocycles. The van der Waals surface area contributed by atoms with Gasteiger partial charge in [0.2, 0.25) is 0 Å². The van der Waals surface area contributed by atoms with Crippen LogP contribution in [0.15, 0.2) is 60.7 Å². The SMILES string of the molecule is COc1cc2ccccc2cc1C(=O)O[C@@H](C)C(=O)N(C)Cc1cccc(F)c1. The molecule has 0 heterocycles. The fraction of sp³-hybridized carbons (Fsp3) is 0.217. The summed E-state index contributed by atoms with van der Waals surface area (Å²) in [6.45, 7) is 1.72. The van der Waals surface area contributed by atoms with Crippen molar-refractivity contribution in [3.05, 3.63) is 77.6 Å². The predicted molar refractivity (Wildman–Crippen MR) is 108 cm³/mol. The number of hydrogen-bond acceptors (Lipinski definition) is 4. The first-order valence-electron chi connectivity index (χ1n) is 9.16. The van der Waals surface area contributed by atoms with Gasteiger partial charge in [-0.05, 0) is 47.5 Å². The van der Waals surface area contributed by atoms with E-state index in [-0.39, 0.29) is 23.8 Å². The van der Waals surface area contributed by atoms with Gasteiger partial charge in [0, 0.05) is 13.6 Å². The molecular weight excluding hydrogens is 373 g/mol. The molecule has 0 saturated heterocycles. The number of likely N-dealkylation sites (N-methyl/N-ethyl adjacent to an activating group) is 1. The number of ether oxygens (including phenoxy) is 2. The summed E-state index contributed by atoms with van der Waals surface area (Å²) >= 11 is 0. The Labute approximate surface area is 168 Å². The van der Waals surface area contributed by atoms with Crippen molar-refractivity contribution in [2.45, 2.75) is 19.6 Å². The van der Waals surface area contributed by atoms with E-state index in [9.17, 15) is 14.0 Å². The second kappa shape index (κ2) is 8.73. The third kappa shape index (κ3) is 4.71. The minimum absolute atomic E-state index is 0.206. The van der Waals surface area contributed by atoms with Crippen molar-refractivity contribution in [2.24, 2.45) is 0 Å². The zero-order valence-corrected chi connectivity index (χ0v) is 16.5. The second-order valence-corrected chi connectivity index (χ2v) is 6.77. The minimum atomic E-state index is -1.00. The molecule has 150 valence electrons. The number of carbonyl (C=O) groups excluding carboxylic acids is 2. The van der Waals surface area contributed by atoms with Crippen LogP contribution in [0.1, 0.15) is 22.8 Å². The largest absolute Gasteiger partial charge is 0.496 e. The molecule has 0 aliphatic carbocycles. The third-order valence-corrected chi connectivity index (χ3v) is 4.60. The van der Waals surface area contributed by atoms with Gasteiger partial charge >= 0.3 is 5.97 Å². The van der Waals surface area contributed by atoms with Crippen molar-refractivity contribution in [3.8, 4) is 5.75 Å². The van der Waals surface area contributed by atoms with Gasteiger partial charge in [-0.2, -0.15) is 0 Å². The van der Waals surface area contributed by atoms with Crippen LogP contribution in [0.3, 0.4) is 0 Å². The fourth-order valence-corrected chi connectivity index (χ4v) is 3.12. The highest BCUT2D eigenvalue weighted by atomic mass is 19.1. The molecule has 0 fully saturated rings. The molecule has 3 rings (SSSR count). The first-order chi connectivity index (χ1) is 13.9. The van der Waals surface area contributed by atoms with E-state index in [4.69, 9.17) is 9.47 Å². The molecule has 0 spiro atoms. The number of hydrogen-bond donors (Lipinski definition) is 0. The first-order valence-corrected chi connectivity index (χ1v) is 9.16. The summed E-state index contributed by atoms with van der Waals surface area (Å²) in [6.07, 6.45) is -1.00. The summed E-state index contributed by atoms with van der Waals surface area (Å²) in [7, 11) is 3.05. The molecule has 1 amide bonds.